The van der Waals surface area contributed by atoms with Crippen LogP contribution in [-0.2, 0) is 0 Å². The Labute approximate surface area is 143 Å². The minimum atomic E-state index is 1.09. The molecule has 1 aromatic heterocycles. The van der Waals surface area contributed by atoms with Crippen LogP contribution in [0.15, 0.2) is 89.7 Å². The SMILES string of the molecule is Brc1cccc(-c2cc(-c3ccccc3)c3ccncc3c2)c1. The quantitative estimate of drug-likeness (QED) is 0.407. The maximum atomic E-state index is 4.29. The summed E-state index contributed by atoms with van der Waals surface area (Å²) >= 11 is 3.56. The highest BCUT2D eigenvalue weighted by atomic mass is 79.9. The zero-order valence-electron chi connectivity index (χ0n) is 12.4. The van der Waals surface area contributed by atoms with Gasteiger partial charge in [-0.3, -0.25) is 4.98 Å². The molecule has 0 radical (unpaired) electrons. The van der Waals surface area contributed by atoms with Crippen molar-refractivity contribution in [1.82, 2.24) is 4.98 Å². The van der Waals surface area contributed by atoms with Gasteiger partial charge in [0.25, 0.3) is 0 Å². The van der Waals surface area contributed by atoms with Crippen LogP contribution in [0.1, 0.15) is 0 Å². The summed E-state index contributed by atoms with van der Waals surface area (Å²) in [6, 6.07) is 25.5. The number of fused-ring (bicyclic) bond motifs is 1. The van der Waals surface area contributed by atoms with E-state index < -0.39 is 0 Å². The van der Waals surface area contributed by atoms with E-state index in [1.165, 1.54) is 27.6 Å². The summed E-state index contributed by atoms with van der Waals surface area (Å²) in [6.07, 6.45) is 3.79. The Bertz CT molecular complexity index is 977. The maximum absolute atomic E-state index is 4.29. The van der Waals surface area contributed by atoms with Crippen LogP contribution in [-0.4, -0.2) is 4.98 Å². The standard InChI is InChI=1S/C21H14BrN/c22-19-8-4-7-16(12-19)17-11-18-14-23-10-9-20(18)21(13-17)15-5-2-1-3-6-15/h1-14H. The zero-order chi connectivity index (χ0) is 15.6. The van der Waals surface area contributed by atoms with E-state index in [0.29, 0.717) is 0 Å². The van der Waals surface area contributed by atoms with E-state index in [1.54, 1.807) is 0 Å². The molecule has 4 rings (SSSR count). The zero-order valence-corrected chi connectivity index (χ0v) is 14.0. The molecule has 0 unspecified atom stereocenters. The van der Waals surface area contributed by atoms with Gasteiger partial charge in [0.05, 0.1) is 0 Å². The van der Waals surface area contributed by atoms with E-state index in [0.717, 1.165) is 9.86 Å². The summed E-state index contributed by atoms with van der Waals surface area (Å²) in [4.78, 5) is 4.29. The fourth-order valence-corrected chi connectivity index (χ4v) is 3.30. The Balaban J connectivity index is 2.01. The monoisotopic (exact) mass is 359 g/mol. The Hall–Kier alpha value is -2.45. The minimum absolute atomic E-state index is 1.09. The fourth-order valence-electron chi connectivity index (χ4n) is 2.90. The number of pyridine rings is 1. The third-order valence-electron chi connectivity index (χ3n) is 4.00. The highest BCUT2D eigenvalue weighted by Gasteiger charge is 2.08. The Morgan fingerprint density at radius 1 is 0.696 bits per heavy atom. The highest BCUT2D eigenvalue weighted by Crippen LogP contribution is 2.34. The first-order valence-electron chi connectivity index (χ1n) is 7.50. The van der Waals surface area contributed by atoms with Gasteiger partial charge in [-0.25, -0.2) is 0 Å². The minimum Gasteiger partial charge on any atom is -0.264 e. The van der Waals surface area contributed by atoms with Crippen molar-refractivity contribution in [3.8, 4) is 22.3 Å². The molecular formula is C21H14BrN. The molecule has 0 bridgehead atoms. The van der Waals surface area contributed by atoms with Crippen molar-refractivity contribution in [2.75, 3.05) is 0 Å². The number of halogens is 1. The smallest absolute Gasteiger partial charge is 0.0346 e. The Morgan fingerprint density at radius 3 is 2.35 bits per heavy atom. The van der Waals surface area contributed by atoms with Crippen molar-refractivity contribution < 1.29 is 0 Å². The van der Waals surface area contributed by atoms with Crippen LogP contribution in [0.25, 0.3) is 33.0 Å². The summed E-state index contributed by atoms with van der Waals surface area (Å²) in [5.74, 6) is 0. The predicted molar refractivity (Wildman–Crippen MR) is 100 cm³/mol. The Kier molecular flexibility index (Phi) is 3.68. The molecule has 0 aliphatic carbocycles. The lowest BCUT2D eigenvalue weighted by Crippen LogP contribution is -1.86. The molecule has 0 aliphatic rings. The fraction of sp³-hybridized carbons (Fsp3) is 0. The molecule has 2 heteroatoms. The number of nitrogens with zero attached hydrogens (tertiary/aromatic N) is 1. The second kappa shape index (κ2) is 5.98. The van der Waals surface area contributed by atoms with Gasteiger partial charge in [0.15, 0.2) is 0 Å². The van der Waals surface area contributed by atoms with E-state index in [4.69, 9.17) is 0 Å². The van der Waals surface area contributed by atoms with Gasteiger partial charge < -0.3 is 0 Å². The van der Waals surface area contributed by atoms with E-state index in [2.05, 4.69) is 81.6 Å². The van der Waals surface area contributed by atoms with Gasteiger partial charge in [0.1, 0.15) is 0 Å². The molecule has 23 heavy (non-hydrogen) atoms. The van der Waals surface area contributed by atoms with Crippen LogP contribution in [0.3, 0.4) is 0 Å². The number of hydrogen-bond donors (Lipinski definition) is 0. The molecule has 0 aliphatic heterocycles. The van der Waals surface area contributed by atoms with E-state index in [-0.39, 0.29) is 0 Å². The van der Waals surface area contributed by atoms with Crippen LogP contribution in [0.2, 0.25) is 0 Å². The third-order valence-corrected chi connectivity index (χ3v) is 4.49. The van der Waals surface area contributed by atoms with Gasteiger partial charge in [0, 0.05) is 22.3 Å². The molecule has 0 fully saturated rings. The van der Waals surface area contributed by atoms with Gasteiger partial charge >= 0.3 is 0 Å². The van der Waals surface area contributed by atoms with Crippen molar-refractivity contribution in [2.45, 2.75) is 0 Å². The van der Waals surface area contributed by atoms with Gasteiger partial charge in [-0.15, -0.1) is 0 Å². The van der Waals surface area contributed by atoms with Gasteiger partial charge in [-0.05, 0) is 58.0 Å². The van der Waals surface area contributed by atoms with Gasteiger partial charge in [-0.1, -0.05) is 58.4 Å². The second-order valence-corrected chi connectivity index (χ2v) is 6.41. The molecule has 0 N–H and O–H groups in total. The van der Waals surface area contributed by atoms with Crippen molar-refractivity contribution >= 4 is 26.7 Å². The molecule has 0 spiro atoms. The number of aromatic nitrogens is 1. The first-order valence-corrected chi connectivity index (χ1v) is 8.30. The number of benzene rings is 3. The van der Waals surface area contributed by atoms with Crippen LogP contribution in [0.5, 0.6) is 0 Å². The second-order valence-electron chi connectivity index (χ2n) is 5.50. The third kappa shape index (κ3) is 2.78. The molecule has 1 nitrogen and oxygen atoms in total. The molecule has 0 saturated heterocycles. The summed E-state index contributed by atoms with van der Waals surface area (Å²) in [5.41, 5.74) is 4.86. The van der Waals surface area contributed by atoms with Crippen LogP contribution in [0, 0.1) is 0 Å². The first kappa shape index (κ1) is 14.2. The normalized spacial score (nSPS) is 10.8. The molecule has 0 amide bonds. The van der Waals surface area contributed by atoms with Crippen molar-refractivity contribution in [1.29, 1.82) is 0 Å². The molecule has 3 aromatic carbocycles. The largest absolute Gasteiger partial charge is 0.264 e. The summed E-state index contributed by atoms with van der Waals surface area (Å²) in [6.45, 7) is 0. The van der Waals surface area contributed by atoms with Crippen LogP contribution < -0.4 is 0 Å². The molecule has 1 heterocycles. The number of hydrogen-bond acceptors (Lipinski definition) is 1. The highest BCUT2D eigenvalue weighted by molar-refractivity contribution is 9.10. The summed E-state index contributed by atoms with van der Waals surface area (Å²) < 4.78 is 1.09. The predicted octanol–water partition coefficient (Wildman–Crippen LogP) is 6.33. The van der Waals surface area contributed by atoms with Crippen molar-refractivity contribution in [3.63, 3.8) is 0 Å². The van der Waals surface area contributed by atoms with Crippen molar-refractivity contribution in [3.05, 3.63) is 89.7 Å². The molecule has 4 aromatic rings. The lowest BCUT2D eigenvalue weighted by Gasteiger charge is -2.11. The lowest BCUT2D eigenvalue weighted by atomic mass is 9.94. The lowest BCUT2D eigenvalue weighted by molar-refractivity contribution is 1.36. The summed E-state index contributed by atoms with van der Waals surface area (Å²) in [5, 5.41) is 2.38. The van der Waals surface area contributed by atoms with Gasteiger partial charge in [0.2, 0.25) is 0 Å². The first-order chi connectivity index (χ1) is 11.3. The van der Waals surface area contributed by atoms with Crippen LogP contribution in [0.4, 0.5) is 0 Å². The maximum Gasteiger partial charge on any atom is 0.0346 e. The molecular weight excluding hydrogens is 346 g/mol. The average Bonchev–Trinajstić information content (AvgIpc) is 2.61. The van der Waals surface area contributed by atoms with E-state index >= 15 is 0 Å². The van der Waals surface area contributed by atoms with E-state index in [9.17, 15) is 0 Å². The van der Waals surface area contributed by atoms with Crippen LogP contribution >= 0.6 is 15.9 Å². The van der Waals surface area contributed by atoms with Crippen molar-refractivity contribution in [2.24, 2.45) is 0 Å². The Morgan fingerprint density at radius 2 is 1.52 bits per heavy atom. The molecule has 0 saturated carbocycles. The molecule has 0 atom stereocenters. The topological polar surface area (TPSA) is 12.9 Å². The molecule has 110 valence electrons. The van der Waals surface area contributed by atoms with E-state index in [1.807, 2.05) is 24.5 Å². The van der Waals surface area contributed by atoms with Gasteiger partial charge in [-0.2, -0.15) is 0 Å². The average molecular weight is 360 g/mol. The number of rotatable bonds is 2. The summed E-state index contributed by atoms with van der Waals surface area (Å²) in [7, 11) is 0.